The minimum absolute atomic E-state index is 0.0326. The lowest BCUT2D eigenvalue weighted by Gasteiger charge is -2.08. The molecule has 0 fully saturated rings. The van der Waals surface area contributed by atoms with Crippen LogP contribution in [0.25, 0.3) is 6.08 Å². The van der Waals surface area contributed by atoms with Crippen LogP contribution in [0.1, 0.15) is 11.1 Å². The molecule has 0 aliphatic rings. The maximum Gasteiger partial charge on any atom is 0.160 e. The van der Waals surface area contributed by atoms with Crippen molar-refractivity contribution in [2.75, 3.05) is 21.3 Å². The predicted octanol–water partition coefficient (Wildman–Crippen LogP) is 3.31. The van der Waals surface area contributed by atoms with E-state index in [0.717, 1.165) is 5.56 Å². The van der Waals surface area contributed by atoms with Crippen molar-refractivity contribution in [3.63, 3.8) is 0 Å². The van der Waals surface area contributed by atoms with Crippen LogP contribution in [0, 0.1) is 0 Å². The highest BCUT2D eigenvalue weighted by atomic mass is 16.5. The second-order valence-corrected chi connectivity index (χ2v) is 4.85. The zero-order valence-electron chi connectivity index (χ0n) is 13.7. The van der Waals surface area contributed by atoms with Crippen LogP contribution in [0.3, 0.4) is 0 Å². The first-order chi connectivity index (χ1) is 11.6. The molecular weight excluding hydrogens is 310 g/mol. The summed E-state index contributed by atoms with van der Waals surface area (Å²) in [5, 5.41) is 22.4. The number of hydrogen-bond donors (Lipinski definition) is 2. The molecule has 0 radical (unpaired) electrons. The van der Waals surface area contributed by atoms with Crippen LogP contribution in [0.15, 0.2) is 47.6 Å². The van der Waals surface area contributed by atoms with Crippen molar-refractivity contribution >= 4 is 11.8 Å². The predicted molar refractivity (Wildman–Crippen MR) is 91.6 cm³/mol. The highest BCUT2D eigenvalue weighted by Gasteiger charge is 2.07. The number of ether oxygens (including phenoxy) is 3. The number of nitrogens with zero attached hydrogens (tertiary/aromatic N) is 1. The Kier molecular flexibility index (Phi) is 5.68. The lowest BCUT2D eigenvalue weighted by molar-refractivity contribution is 0.320. The minimum Gasteiger partial charge on any atom is -0.504 e. The van der Waals surface area contributed by atoms with E-state index >= 15 is 0 Å². The molecule has 0 aliphatic carbocycles. The first-order valence-electron chi connectivity index (χ1n) is 7.12. The van der Waals surface area contributed by atoms with Crippen molar-refractivity contribution in [1.29, 1.82) is 0 Å². The van der Waals surface area contributed by atoms with Crippen molar-refractivity contribution in [3.8, 4) is 23.0 Å². The van der Waals surface area contributed by atoms with Crippen LogP contribution in [-0.2, 0) is 0 Å². The van der Waals surface area contributed by atoms with Crippen molar-refractivity contribution in [3.05, 3.63) is 53.6 Å². The summed E-state index contributed by atoms with van der Waals surface area (Å²) in [6.45, 7) is 0. The summed E-state index contributed by atoms with van der Waals surface area (Å²) in [6.07, 6.45) is 3.33. The SMILES string of the molecule is COc1cc(OC)cc(/C(C=Cc2ccc(OC)c(O)c2)=N/O)c1. The Hall–Kier alpha value is -3.15. The van der Waals surface area contributed by atoms with Crippen LogP contribution in [-0.4, -0.2) is 37.4 Å². The van der Waals surface area contributed by atoms with Crippen LogP contribution < -0.4 is 14.2 Å². The average Bonchev–Trinajstić information content (AvgIpc) is 2.62. The van der Waals surface area contributed by atoms with Gasteiger partial charge in [0.05, 0.1) is 21.3 Å². The Bertz CT molecular complexity index is 746. The summed E-state index contributed by atoms with van der Waals surface area (Å²) in [5.74, 6) is 1.59. The van der Waals surface area contributed by atoms with Gasteiger partial charge in [0.25, 0.3) is 0 Å². The zero-order chi connectivity index (χ0) is 17.5. The van der Waals surface area contributed by atoms with Gasteiger partial charge in [0.15, 0.2) is 11.5 Å². The van der Waals surface area contributed by atoms with E-state index < -0.39 is 0 Å². The number of rotatable bonds is 6. The molecule has 2 aromatic rings. The standard InChI is InChI=1S/C18H19NO5/c1-22-14-9-13(10-15(11-14)23-2)16(19-21)6-4-12-5-7-18(24-3)17(20)8-12/h4-11,20-21H,1-3H3/b6-4?,19-16+. The Labute approximate surface area is 140 Å². The van der Waals surface area contributed by atoms with E-state index in [0.29, 0.717) is 28.5 Å². The molecule has 0 heterocycles. The molecule has 0 saturated heterocycles. The van der Waals surface area contributed by atoms with Gasteiger partial charge < -0.3 is 24.5 Å². The molecule has 0 aromatic heterocycles. The normalized spacial score (nSPS) is 11.5. The van der Waals surface area contributed by atoms with Gasteiger partial charge in [0, 0.05) is 11.6 Å². The molecule has 2 aromatic carbocycles. The Morgan fingerprint density at radius 2 is 1.62 bits per heavy atom. The Balaban J connectivity index is 2.31. The molecule has 6 heteroatoms. The van der Waals surface area contributed by atoms with Crippen molar-refractivity contribution in [2.24, 2.45) is 5.16 Å². The van der Waals surface area contributed by atoms with Gasteiger partial charge in [-0.2, -0.15) is 0 Å². The molecule has 0 atom stereocenters. The van der Waals surface area contributed by atoms with Crippen LogP contribution in [0.2, 0.25) is 0 Å². The molecule has 0 unspecified atom stereocenters. The first kappa shape index (κ1) is 17.2. The van der Waals surface area contributed by atoms with Crippen molar-refractivity contribution in [2.45, 2.75) is 0 Å². The van der Waals surface area contributed by atoms with Gasteiger partial charge in [0.1, 0.15) is 17.2 Å². The molecule has 6 nitrogen and oxygen atoms in total. The van der Waals surface area contributed by atoms with E-state index in [1.165, 1.54) is 7.11 Å². The Morgan fingerprint density at radius 3 is 2.12 bits per heavy atom. The van der Waals surface area contributed by atoms with Gasteiger partial charge in [-0.3, -0.25) is 0 Å². The van der Waals surface area contributed by atoms with Gasteiger partial charge >= 0.3 is 0 Å². The number of oxime groups is 1. The van der Waals surface area contributed by atoms with Crippen molar-refractivity contribution < 1.29 is 24.5 Å². The van der Waals surface area contributed by atoms with Gasteiger partial charge in [-0.15, -0.1) is 0 Å². The van der Waals surface area contributed by atoms with Crippen LogP contribution >= 0.6 is 0 Å². The second-order valence-electron chi connectivity index (χ2n) is 4.85. The fourth-order valence-corrected chi connectivity index (χ4v) is 2.13. The van der Waals surface area contributed by atoms with Crippen LogP contribution in [0.5, 0.6) is 23.0 Å². The summed E-state index contributed by atoms with van der Waals surface area (Å²) in [5.41, 5.74) is 1.68. The number of methoxy groups -OCH3 is 3. The summed E-state index contributed by atoms with van der Waals surface area (Å²) in [6, 6.07) is 10.2. The van der Waals surface area contributed by atoms with E-state index in [4.69, 9.17) is 14.2 Å². The average molecular weight is 329 g/mol. The first-order valence-corrected chi connectivity index (χ1v) is 7.12. The molecule has 126 valence electrons. The third kappa shape index (κ3) is 3.98. The molecule has 0 aliphatic heterocycles. The third-order valence-corrected chi connectivity index (χ3v) is 3.39. The highest BCUT2D eigenvalue weighted by Crippen LogP contribution is 2.27. The fourth-order valence-electron chi connectivity index (χ4n) is 2.13. The lowest BCUT2D eigenvalue weighted by atomic mass is 10.1. The number of phenols is 1. The number of hydrogen-bond acceptors (Lipinski definition) is 6. The van der Waals surface area contributed by atoms with Gasteiger partial charge in [-0.1, -0.05) is 17.3 Å². The summed E-state index contributed by atoms with van der Waals surface area (Å²) < 4.78 is 15.4. The molecule has 2 N–H and O–H groups in total. The van der Waals surface area contributed by atoms with E-state index in [1.807, 2.05) is 0 Å². The smallest absolute Gasteiger partial charge is 0.160 e. The quantitative estimate of drug-likeness (QED) is 0.483. The second kappa shape index (κ2) is 7.92. The lowest BCUT2D eigenvalue weighted by Crippen LogP contribution is -1.99. The van der Waals surface area contributed by atoms with E-state index in [-0.39, 0.29) is 5.75 Å². The van der Waals surface area contributed by atoms with E-state index in [1.54, 1.807) is 62.8 Å². The molecule has 2 rings (SSSR count). The maximum absolute atomic E-state index is 9.80. The van der Waals surface area contributed by atoms with E-state index in [9.17, 15) is 10.3 Å². The summed E-state index contributed by atoms with van der Waals surface area (Å²) in [7, 11) is 4.58. The van der Waals surface area contributed by atoms with Gasteiger partial charge in [-0.05, 0) is 35.9 Å². The molecule has 0 amide bonds. The molecular formula is C18H19NO5. The third-order valence-electron chi connectivity index (χ3n) is 3.39. The maximum atomic E-state index is 9.80. The van der Waals surface area contributed by atoms with Gasteiger partial charge in [-0.25, -0.2) is 0 Å². The summed E-state index contributed by atoms with van der Waals surface area (Å²) in [4.78, 5) is 0. The van der Waals surface area contributed by atoms with Gasteiger partial charge in [0.2, 0.25) is 0 Å². The summed E-state index contributed by atoms with van der Waals surface area (Å²) >= 11 is 0. The number of benzene rings is 2. The molecule has 24 heavy (non-hydrogen) atoms. The molecule has 0 spiro atoms. The van der Waals surface area contributed by atoms with Crippen molar-refractivity contribution in [1.82, 2.24) is 0 Å². The monoisotopic (exact) mass is 329 g/mol. The number of phenolic OH excluding ortho intramolecular Hbond substituents is 1. The Morgan fingerprint density at radius 1 is 0.958 bits per heavy atom. The molecule has 0 bridgehead atoms. The van der Waals surface area contributed by atoms with E-state index in [2.05, 4.69) is 5.16 Å². The highest BCUT2D eigenvalue weighted by molar-refractivity contribution is 6.10. The zero-order valence-corrected chi connectivity index (χ0v) is 13.7. The number of aromatic hydroxyl groups is 1. The largest absolute Gasteiger partial charge is 0.504 e. The minimum atomic E-state index is 0.0326. The van der Waals surface area contributed by atoms with Crippen LogP contribution in [0.4, 0.5) is 0 Å². The number of allylic oxidation sites excluding steroid dienone is 1. The fraction of sp³-hybridized carbons (Fsp3) is 0.167. The molecule has 0 saturated carbocycles. The topological polar surface area (TPSA) is 80.5 Å².